The third-order valence-corrected chi connectivity index (χ3v) is 2.24. The summed E-state index contributed by atoms with van der Waals surface area (Å²) in [4.78, 5) is 10.8. The average Bonchev–Trinajstić information content (AvgIpc) is 2.30. The van der Waals surface area contributed by atoms with Crippen molar-refractivity contribution < 1.29 is 14.6 Å². The van der Waals surface area contributed by atoms with Crippen molar-refractivity contribution in [3.05, 3.63) is 59.4 Å². The first-order valence-corrected chi connectivity index (χ1v) is 4.70. The van der Waals surface area contributed by atoms with Crippen LogP contribution in [-0.4, -0.2) is 11.1 Å². The number of carbonyl (C=O) groups is 1. The van der Waals surface area contributed by atoms with Crippen molar-refractivity contribution in [2.24, 2.45) is 0 Å². The number of rotatable bonds is 2. The van der Waals surface area contributed by atoms with Crippen LogP contribution >= 0.6 is 0 Å². The standard InChI is InChI=1S/C12H9NO3/c14-12(15)10-6-7-13(16)11(8-10)9-4-2-1-3-5-9/h1-8H,(H,14,15). The Labute approximate surface area is 92.0 Å². The van der Waals surface area contributed by atoms with Crippen molar-refractivity contribution in [3.8, 4) is 11.3 Å². The molecule has 1 aromatic heterocycles. The van der Waals surface area contributed by atoms with Crippen LogP contribution < -0.4 is 4.73 Å². The Hall–Kier alpha value is -2.36. The first-order valence-electron chi connectivity index (χ1n) is 4.70. The van der Waals surface area contributed by atoms with Crippen LogP contribution in [0.1, 0.15) is 10.4 Å². The van der Waals surface area contributed by atoms with Crippen molar-refractivity contribution in [3.63, 3.8) is 0 Å². The summed E-state index contributed by atoms with van der Waals surface area (Å²) in [6.07, 6.45) is 1.20. The molecule has 80 valence electrons. The first-order chi connectivity index (χ1) is 7.68. The molecule has 0 aliphatic heterocycles. The Morgan fingerprint density at radius 3 is 2.50 bits per heavy atom. The predicted octanol–water partition coefficient (Wildman–Crippen LogP) is 1.69. The van der Waals surface area contributed by atoms with Crippen molar-refractivity contribution in [1.82, 2.24) is 0 Å². The van der Waals surface area contributed by atoms with E-state index in [1.165, 1.54) is 18.3 Å². The van der Waals surface area contributed by atoms with Gasteiger partial charge in [0.05, 0.1) is 5.56 Å². The van der Waals surface area contributed by atoms with Gasteiger partial charge in [0.15, 0.2) is 6.20 Å². The summed E-state index contributed by atoms with van der Waals surface area (Å²) in [5, 5.41) is 20.4. The minimum absolute atomic E-state index is 0.103. The summed E-state index contributed by atoms with van der Waals surface area (Å²) < 4.78 is 0.655. The molecule has 4 heteroatoms. The van der Waals surface area contributed by atoms with Gasteiger partial charge in [-0.1, -0.05) is 18.2 Å². The second-order valence-electron chi connectivity index (χ2n) is 3.30. The van der Waals surface area contributed by atoms with E-state index >= 15 is 0 Å². The fraction of sp³-hybridized carbons (Fsp3) is 0. The number of carboxylic acids is 1. The van der Waals surface area contributed by atoms with Gasteiger partial charge < -0.3 is 10.3 Å². The van der Waals surface area contributed by atoms with Gasteiger partial charge >= 0.3 is 5.97 Å². The van der Waals surface area contributed by atoms with Gasteiger partial charge in [-0.2, -0.15) is 4.73 Å². The Morgan fingerprint density at radius 1 is 1.19 bits per heavy atom. The van der Waals surface area contributed by atoms with Crippen molar-refractivity contribution in [1.29, 1.82) is 0 Å². The Bertz CT molecular complexity index is 523. The number of hydrogen-bond donors (Lipinski definition) is 1. The van der Waals surface area contributed by atoms with Gasteiger partial charge in [0.25, 0.3) is 0 Å². The van der Waals surface area contributed by atoms with E-state index in [0.717, 1.165) is 0 Å². The molecule has 1 aromatic carbocycles. The van der Waals surface area contributed by atoms with Gasteiger partial charge in [0.2, 0.25) is 5.69 Å². The average molecular weight is 215 g/mol. The van der Waals surface area contributed by atoms with Gasteiger partial charge in [-0.3, -0.25) is 0 Å². The molecule has 0 amide bonds. The molecular weight excluding hydrogens is 206 g/mol. The molecule has 16 heavy (non-hydrogen) atoms. The zero-order valence-electron chi connectivity index (χ0n) is 8.33. The number of pyridine rings is 1. The van der Waals surface area contributed by atoms with E-state index in [0.29, 0.717) is 16.0 Å². The van der Waals surface area contributed by atoms with E-state index in [4.69, 9.17) is 5.11 Å². The summed E-state index contributed by atoms with van der Waals surface area (Å²) >= 11 is 0. The largest absolute Gasteiger partial charge is 0.618 e. The van der Waals surface area contributed by atoms with Gasteiger partial charge in [0, 0.05) is 17.7 Å². The van der Waals surface area contributed by atoms with Crippen LogP contribution in [0.15, 0.2) is 48.7 Å². The Kier molecular flexibility index (Phi) is 2.55. The first kappa shape index (κ1) is 10.2. The maximum Gasteiger partial charge on any atom is 0.336 e. The summed E-state index contributed by atoms with van der Waals surface area (Å²) in [7, 11) is 0. The maximum atomic E-state index is 11.5. The Morgan fingerprint density at radius 2 is 1.88 bits per heavy atom. The van der Waals surface area contributed by atoms with E-state index in [1.807, 2.05) is 6.07 Å². The lowest BCUT2D eigenvalue weighted by molar-refractivity contribution is -0.593. The molecule has 0 saturated heterocycles. The molecule has 0 aliphatic carbocycles. The lowest BCUT2D eigenvalue weighted by atomic mass is 10.1. The molecule has 0 saturated carbocycles. The fourth-order valence-corrected chi connectivity index (χ4v) is 1.44. The van der Waals surface area contributed by atoms with Crippen molar-refractivity contribution in [2.75, 3.05) is 0 Å². The molecule has 0 radical (unpaired) electrons. The molecule has 1 N–H and O–H groups in total. The van der Waals surface area contributed by atoms with Gasteiger partial charge in [-0.25, -0.2) is 4.79 Å². The number of aromatic nitrogens is 1. The second kappa shape index (κ2) is 4.02. The number of aromatic carboxylic acids is 1. The molecule has 2 aromatic rings. The van der Waals surface area contributed by atoms with E-state index < -0.39 is 5.97 Å². The molecule has 0 spiro atoms. The monoisotopic (exact) mass is 215 g/mol. The molecule has 1 heterocycles. The third kappa shape index (κ3) is 1.86. The summed E-state index contributed by atoms with van der Waals surface area (Å²) in [6.45, 7) is 0. The van der Waals surface area contributed by atoms with E-state index in [1.54, 1.807) is 24.3 Å². The maximum absolute atomic E-state index is 11.5. The number of nitrogens with zero attached hydrogens (tertiary/aromatic N) is 1. The van der Waals surface area contributed by atoms with E-state index in [-0.39, 0.29) is 5.56 Å². The van der Waals surface area contributed by atoms with Crippen LogP contribution in [0.2, 0.25) is 0 Å². The normalized spacial score (nSPS) is 10.0. The van der Waals surface area contributed by atoms with Crippen LogP contribution in [0.5, 0.6) is 0 Å². The fourth-order valence-electron chi connectivity index (χ4n) is 1.44. The van der Waals surface area contributed by atoms with Crippen LogP contribution in [0, 0.1) is 5.21 Å². The van der Waals surface area contributed by atoms with Gasteiger partial charge in [-0.05, 0) is 12.1 Å². The van der Waals surface area contributed by atoms with Crippen LogP contribution in [0.3, 0.4) is 0 Å². The van der Waals surface area contributed by atoms with Gasteiger partial charge in [-0.15, -0.1) is 0 Å². The second-order valence-corrected chi connectivity index (χ2v) is 3.30. The summed E-state index contributed by atoms with van der Waals surface area (Å²) in [5.74, 6) is -1.04. The highest BCUT2D eigenvalue weighted by Crippen LogP contribution is 2.15. The predicted molar refractivity (Wildman–Crippen MR) is 57.8 cm³/mol. The lowest BCUT2D eigenvalue weighted by Crippen LogP contribution is -2.28. The summed E-state index contributed by atoms with van der Waals surface area (Å²) in [6, 6.07) is 11.6. The molecule has 0 fully saturated rings. The highest BCUT2D eigenvalue weighted by atomic mass is 16.5. The smallest absolute Gasteiger partial charge is 0.336 e. The number of benzene rings is 1. The molecule has 4 nitrogen and oxygen atoms in total. The molecule has 0 atom stereocenters. The number of hydrogen-bond acceptors (Lipinski definition) is 2. The van der Waals surface area contributed by atoms with Crippen LogP contribution in [0.4, 0.5) is 0 Å². The highest BCUT2D eigenvalue weighted by Gasteiger charge is 2.12. The molecular formula is C12H9NO3. The van der Waals surface area contributed by atoms with Crippen LogP contribution in [-0.2, 0) is 0 Å². The van der Waals surface area contributed by atoms with Crippen molar-refractivity contribution in [2.45, 2.75) is 0 Å². The quantitative estimate of drug-likeness (QED) is 0.612. The molecule has 0 bridgehead atoms. The SMILES string of the molecule is O=C(O)c1cc[n+]([O-])c(-c2ccccc2)c1. The minimum Gasteiger partial charge on any atom is -0.618 e. The number of carboxylic acid groups (broad SMARTS) is 1. The topological polar surface area (TPSA) is 64.2 Å². The van der Waals surface area contributed by atoms with Crippen LogP contribution in [0.25, 0.3) is 11.3 Å². The Balaban J connectivity index is 2.56. The molecule has 2 rings (SSSR count). The lowest BCUT2D eigenvalue weighted by Gasteiger charge is -2.04. The van der Waals surface area contributed by atoms with Gasteiger partial charge in [0.1, 0.15) is 0 Å². The zero-order chi connectivity index (χ0) is 11.5. The van der Waals surface area contributed by atoms with E-state index in [2.05, 4.69) is 0 Å². The highest BCUT2D eigenvalue weighted by molar-refractivity contribution is 5.88. The minimum atomic E-state index is -1.04. The molecule has 0 unspecified atom stereocenters. The van der Waals surface area contributed by atoms with Crippen molar-refractivity contribution >= 4 is 5.97 Å². The third-order valence-electron chi connectivity index (χ3n) is 2.24. The van der Waals surface area contributed by atoms with E-state index in [9.17, 15) is 10.0 Å². The zero-order valence-corrected chi connectivity index (χ0v) is 8.33. The summed E-state index contributed by atoms with van der Waals surface area (Å²) in [5.41, 5.74) is 1.13. The molecule has 0 aliphatic rings.